The molecular formula is C27H34N6O. The molecule has 1 saturated heterocycles. The summed E-state index contributed by atoms with van der Waals surface area (Å²) in [6.45, 7) is 5.42. The van der Waals surface area contributed by atoms with Gasteiger partial charge in [0.25, 0.3) is 0 Å². The summed E-state index contributed by atoms with van der Waals surface area (Å²) in [6, 6.07) is 16.9. The van der Waals surface area contributed by atoms with Crippen molar-refractivity contribution >= 4 is 10.9 Å². The van der Waals surface area contributed by atoms with Gasteiger partial charge < -0.3 is 20.3 Å². The first-order chi connectivity index (χ1) is 16.7. The van der Waals surface area contributed by atoms with E-state index in [4.69, 9.17) is 0 Å². The predicted octanol–water partition coefficient (Wildman–Crippen LogP) is 3.86. The average molecular weight is 459 g/mol. The summed E-state index contributed by atoms with van der Waals surface area (Å²) in [5.41, 5.74) is 4.60. The topological polar surface area (TPSA) is 82.0 Å². The second-order valence-corrected chi connectivity index (χ2v) is 9.44. The van der Waals surface area contributed by atoms with Crippen molar-refractivity contribution in [2.45, 2.75) is 50.8 Å². The maximum atomic E-state index is 10.6. The minimum atomic E-state index is -0.471. The van der Waals surface area contributed by atoms with E-state index >= 15 is 0 Å². The minimum Gasteiger partial charge on any atom is -0.387 e. The van der Waals surface area contributed by atoms with Crippen LogP contribution in [0.5, 0.6) is 0 Å². The van der Waals surface area contributed by atoms with Crippen molar-refractivity contribution in [3.8, 4) is 5.69 Å². The van der Waals surface area contributed by atoms with Gasteiger partial charge in [-0.2, -0.15) is 0 Å². The lowest BCUT2D eigenvalue weighted by Crippen LogP contribution is -2.47. The number of aromatic amines is 1. The smallest absolute Gasteiger partial charge is 0.123 e. The van der Waals surface area contributed by atoms with Crippen LogP contribution in [0.15, 0.2) is 67.4 Å². The third kappa shape index (κ3) is 5.22. The largest absolute Gasteiger partial charge is 0.387 e. The molecule has 7 nitrogen and oxygen atoms in total. The Bertz CT molecular complexity index is 1160. The van der Waals surface area contributed by atoms with Crippen molar-refractivity contribution in [1.29, 1.82) is 0 Å². The van der Waals surface area contributed by atoms with Crippen molar-refractivity contribution in [2.75, 3.05) is 19.6 Å². The van der Waals surface area contributed by atoms with Crippen LogP contribution in [0.25, 0.3) is 16.6 Å². The minimum absolute atomic E-state index is 0.0452. The fourth-order valence-electron chi connectivity index (χ4n) is 5.09. The van der Waals surface area contributed by atoms with Gasteiger partial charge in [-0.05, 0) is 81.6 Å². The van der Waals surface area contributed by atoms with Gasteiger partial charge >= 0.3 is 0 Å². The van der Waals surface area contributed by atoms with Crippen LogP contribution in [0, 0.1) is 0 Å². The van der Waals surface area contributed by atoms with Gasteiger partial charge in [0.2, 0.25) is 0 Å². The number of aryl methyl sites for hydroxylation is 1. The van der Waals surface area contributed by atoms with Crippen LogP contribution in [0.2, 0.25) is 0 Å². The lowest BCUT2D eigenvalue weighted by Gasteiger charge is -2.35. The molecule has 1 aliphatic heterocycles. The van der Waals surface area contributed by atoms with Crippen LogP contribution in [-0.2, 0) is 6.42 Å². The van der Waals surface area contributed by atoms with Gasteiger partial charge in [0, 0.05) is 34.9 Å². The Hall–Kier alpha value is -3.00. The van der Waals surface area contributed by atoms with Gasteiger partial charge in [-0.1, -0.05) is 30.3 Å². The predicted molar refractivity (Wildman–Crippen MR) is 135 cm³/mol. The summed E-state index contributed by atoms with van der Waals surface area (Å²) in [5.74, 6) is 0. The van der Waals surface area contributed by atoms with Crippen LogP contribution in [-0.4, -0.2) is 61.5 Å². The summed E-state index contributed by atoms with van der Waals surface area (Å²) in [5, 5.41) is 23.4. The van der Waals surface area contributed by atoms with Crippen molar-refractivity contribution in [3.63, 3.8) is 0 Å². The Kier molecular flexibility index (Phi) is 7.04. The molecule has 2 aromatic heterocycles. The number of likely N-dealkylation sites (tertiary alicyclic amines) is 1. The van der Waals surface area contributed by atoms with Crippen molar-refractivity contribution in [3.05, 3.63) is 78.5 Å². The first-order valence-electron chi connectivity index (χ1n) is 12.3. The van der Waals surface area contributed by atoms with Gasteiger partial charge in [0.15, 0.2) is 0 Å². The highest BCUT2D eigenvalue weighted by atomic mass is 16.3. The highest BCUT2D eigenvalue weighted by Gasteiger charge is 2.23. The molecule has 2 aromatic carbocycles. The van der Waals surface area contributed by atoms with E-state index in [1.165, 1.54) is 16.5 Å². The lowest BCUT2D eigenvalue weighted by molar-refractivity contribution is 0.115. The molecule has 4 aromatic rings. The molecule has 0 radical (unpaired) electrons. The molecule has 0 unspecified atom stereocenters. The number of benzene rings is 2. The Balaban J connectivity index is 1.08. The molecule has 34 heavy (non-hydrogen) atoms. The van der Waals surface area contributed by atoms with E-state index in [-0.39, 0.29) is 6.04 Å². The van der Waals surface area contributed by atoms with Crippen molar-refractivity contribution in [1.82, 2.24) is 30.0 Å². The number of piperidine rings is 1. The zero-order chi connectivity index (χ0) is 23.3. The number of aliphatic hydroxyl groups excluding tert-OH is 1. The maximum absolute atomic E-state index is 10.6. The van der Waals surface area contributed by atoms with Crippen molar-refractivity contribution < 1.29 is 5.11 Å². The van der Waals surface area contributed by atoms with E-state index < -0.39 is 6.10 Å². The molecule has 5 rings (SSSR count). The van der Waals surface area contributed by atoms with Gasteiger partial charge in [0.05, 0.1) is 6.10 Å². The molecule has 0 spiro atoms. The summed E-state index contributed by atoms with van der Waals surface area (Å²) < 4.78 is 1.94. The SMILES string of the molecule is C[C@@H](NC1CCN(CCCc2c[nH]c3ccc(-n4cnnc4)cc23)CC1)[C@H](O)c1ccccc1. The van der Waals surface area contributed by atoms with E-state index in [1.807, 2.05) is 34.9 Å². The lowest BCUT2D eigenvalue weighted by atomic mass is 9.99. The zero-order valence-electron chi connectivity index (χ0n) is 19.8. The maximum Gasteiger partial charge on any atom is 0.123 e. The number of H-pyrrole nitrogens is 1. The number of hydrogen-bond donors (Lipinski definition) is 3. The van der Waals surface area contributed by atoms with E-state index in [9.17, 15) is 5.11 Å². The number of aliphatic hydroxyl groups is 1. The summed E-state index contributed by atoms with van der Waals surface area (Å²) in [4.78, 5) is 5.99. The van der Waals surface area contributed by atoms with Crippen LogP contribution in [0.1, 0.15) is 43.4 Å². The van der Waals surface area contributed by atoms with Gasteiger partial charge in [-0.3, -0.25) is 4.57 Å². The molecular weight excluding hydrogens is 424 g/mol. The molecule has 7 heteroatoms. The van der Waals surface area contributed by atoms with Gasteiger partial charge in [-0.25, -0.2) is 0 Å². The number of nitrogens with one attached hydrogen (secondary N) is 2. The molecule has 1 aliphatic rings. The van der Waals surface area contributed by atoms with Crippen LogP contribution >= 0.6 is 0 Å². The van der Waals surface area contributed by atoms with E-state index in [0.29, 0.717) is 6.04 Å². The van der Waals surface area contributed by atoms with Crippen LogP contribution < -0.4 is 5.32 Å². The summed E-state index contributed by atoms with van der Waals surface area (Å²) in [6.07, 6.45) is 9.60. The molecule has 0 amide bonds. The van der Waals surface area contributed by atoms with Crippen molar-refractivity contribution in [2.24, 2.45) is 0 Å². The number of nitrogens with zero attached hydrogens (tertiary/aromatic N) is 4. The third-order valence-electron chi connectivity index (χ3n) is 7.09. The van der Waals surface area contributed by atoms with E-state index in [2.05, 4.69) is 56.7 Å². The normalized spacial score (nSPS) is 17.2. The fraction of sp³-hybridized carbons (Fsp3) is 0.407. The Morgan fingerprint density at radius 3 is 2.62 bits per heavy atom. The number of hydrogen-bond acceptors (Lipinski definition) is 5. The summed E-state index contributed by atoms with van der Waals surface area (Å²) in [7, 11) is 0. The van der Waals surface area contributed by atoms with Crippen LogP contribution in [0.4, 0.5) is 0 Å². The fourth-order valence-corrected chi connectivity index (χ4v) is 5.09. The Morgan fingerprint density at radius 1 is 1.09 bits per heavy atom. The van der Waals surface area contributed by atoms with E-state index in [1.54, 1.807) is 12.7 Å². The monoisotopic (exact) mass is 458 g/mol. The molecule has 3 N–H and O–H groups in total. The first-order valence-corrected chi connectivity index (χ1v) is 12.3. The second-order valence-electron chi connectivity index (χ2n) is 9.44. The molecule has 1 fully saturated rings. The highest BCUT2D eigenvalue weighted by Crippen LogP contribution is 2.23. The Morgan fingerprint density at radius 2 is 1.85 bits per heavy atom. The highest BCUT2D eigenvalue weighted by molar-refractivity contribution is 5.85. The molecule has 3 heterocycles. The zero-order valence-corrected chi connectivity index (χ0v) is 19.8. The molecule has 178 valence electrons. The first kappa shape index (κ1) is 22.8. The number of fused-ring (bicyclic) bond motifs is 1. The van der Waals surface area contributed by atoms with Crippen LogP contribution in [0.3, 0.4) is 0 Å². The number of aromatic nitrogens is 4. The molecule has 0 saturated carbocycles. The van der Waals surface area contributed by atoms with Gasteiger partial charge in [-0.15, -0.1) is 10.2 Å². The number of rotatable bonds is 9. The average Bonchev–Trinajstić information content (AvgIpc) is 3.55. The van der Waals surface area contributed by atoms with E-state index in [0.717, 1.165) is 56.6 Å². The molecule has 2 atom stereocenters. The Labute approximate surface area is 200 Å². The summed E-state index contributed by atoms with van der Waals surface area (Å²) >= 11 is 0. The molecule has 0 bridgehead atoms. The standard InChI is InChI=1S/C27H34N6O/c1-20(27(34)21-6-3-2-4-7-21)31-23-11-14-32(15-12-23)13-5-8-22-17-28-26-10-9-24(16-25(22)26)33-18-29-30-19-33/h2-4,6-7,9-10,16-20,23,27-28,31,34H,5,8,11-15H2,1H3/t20-,27+/m1/s1. The molecule has 0 aliphatic carbocycles. The third-order valence-corrected chi connectivity index (χ3v) is 7.09. The second kappa shape index (κ2) is 10.5. The quantitative estimate of drug-likeness (QED) is 0.355. The van der Waals surface area contributed by atoms with Gasteiger partial charge in [0.1, 0.15) is 12.7 Å².